The molecule has 0 radical (unpaired) electrons. The Morgan fingerprint density at radius 2 is 1.79 bits per heavy atom. The maximum Gasteiger partial charge on any atom is 0.352 e. The molecule has 2 N–H and O–H groups in total. The van der Waals surface area contributed by atoms with E-state index in [9.17, 15) is 21.6 Å². The minimum Gasteiger partial charge on any atom is -0.477 e. The van der Waals surface area contributed by atoms with Gasteiger partial charge in [0.15, 0.2) is 20.6 Å². The zero-order valence-corrected chi connectivity index (χ0v) is 16.2. The van der Waals surface area contributed by atoms with Crippen LogP contribution in [0.1, 0.15) is 10.5 Å². The highest BCUT2D eigenvalue weighted by molar-refractivity contribution is 7.90. The summed E-state index contributed by atoms with van der Waals surface area (Å²) in [5, 5.41) is 9.34. The number of nitrogens with zero attached hydrogens (tertiary/aromatic N) is 1. The maximum atomic E-state index is 11.5. The smallest absolute Gasteiger partial charge is 0.352 e. The summed E-state index contributed by atoms with van der Waals surface area (Å²) in [5.74, 6) is -1.06. The molecule has 0 unspecified atom stereocenters. The number of aromatic nitrogens is 2. The Morgan fingerprint density at radius 3 is 2.32 bits per heavy atom. The first-order chi connectivity index (χ1) is 12.9. The second-order valence-electron chi connectivity index (χ2n) is 5.87. The van der Waals surface area contributed by atoms with Gasteiger partial charge >= 0.3 is 16.1 Å². The largest absolute Gasteiger partial charge is 0.477 e. The molecule has 2 aromatic heterocycles. The quantitative estimate of drug-likeness (QED) is 0.562. The fraction of sp³-hybridized carbons (Fsp3) is 0.125. The molecule has 10 nitrogen and oxygen atoms in total. The molecule has 0 aliphatic carbocycles. The summed E-state index contributed by atoms with van der Waals surface area (Å²) in [6.07, 6.45) is 3.06. The second kappa shape index (κ2) is 6.80. The van der Waals surface area contributed by atoms with Gasteiger partial charge < -0.3 is 19.0 Å². The number of nitrogens with one attached hydrogen (secondary N) is 1. The molecule has 0 atom stereocenters. The maximum absolute atomic E-state index is 11.5. The van der Waals surface area contributed by atoms with E-state index < -0.39 is 25.9 Å². The Morgan fingerprint density at radius 1 is 1.07 bits per heavy atom. The monoisotopic (exact) mass is 426 g/mol. The van der Waals surface area contributed by atoms with Crippen LogP contribution in [-0.2, 0) is 20.0 Å². The van der Waals surface area contributed by atoms with Gasteiger partial charge in [-0.1, -0.05) is 0 Å². The van der Waals surface area contributed by atoms with E-state index in [-0.39, 0.29) is 33.5 Å². The van der Waals surface area contributed by atoms with Crippen LogP contribution in [-0.4, -0.2) is 50.4 Å². The Hall–Kier alpha value is -3.12. The number of pyridine rings is 1. The number of carbonyl (C=O) groups is 1. The van der Waals surface area contributed by atoms with Gasteiger partial charge in [-0.2, -0.15) is 8.42 Å². The highest BCUT2D eigenvalue weighted by Crippen LogP contribution is 2.34. The molecule has 148 valence electrons. The van der Waals surface area contributed by atoms with Gasteiger partial charge in [0.05, 0.1) is 18.0 Å². The van der Waals surface area contributed by atoms with E-state index in [1.165, 1.54) is 36.5 Å². The zero-order valence-electron chi connectivity index (χ0n) is 14.5. The molecule has 28 heavy (non-hydrogen) atoms. The highest BCUT2D eigenvalue weighted by atomic mass is 32.2. The number of aromatic amines is 1. The summed E-state index contributed by atoms with van der Waals surface area (Å²) in [5.41, 5.74) is 0.00500. The van der Waals surface area contributed by atoms with Gasteiger partial charge in [-0.3, -0.25) is 0 Å². The van der Waals surface area contributed by atoms with Crippen LogP contribution >= 0.6 is 0 Å². The number of fused-ring (bicyclic) bond motifs is 1. The van der Waals surface area contributed by atoms with Crippen molar-refractivity contribution in [3.63, 3.8) is 0 Å². The lowest BCUT2D eigenvalue weighted by Gasteiger charge is -2.09. The summed E-state index contributed by atoms with van der Waals surface area (Å²) in [7, 11) is -7.36. The van der Waals surface area contributed by atoms with Crippen molar-refractivity contribution >= 4 is 36.8 Å². The summed E-state index contributed by atoms with van der Waals surface area (Å²) >= 11 is 0. The molecule has 3 aromatic rings. The van der Waals surface area contributed by atoms with Crippen molar-refractivity contribution < 1.29 is 35.7 Å². The van der Waals surface area contributed by atoms with Crippen LogP contribution in [0.3, 0.4) is 0 Å². The lowest BCUT2D eigenvalue weighted by atomic mass is 10.2. The van der Waals surface area contributed by atoms with Crippen LogP contribution in [0.15, 0.2) is 41.6 Å². The fourth-order valence-corrected chi connectivity index (χ4v) is 3.39. The van der Waals surface area contributed by atoms with Crippen molar-refractivity contribution in [2.24, 2.45) is 0 Å². The summed E-state index contributed by atoms with van der Waals surface area (Å²) in [6.45, 7) is 0. The topological polar surface area (TPSA) is 153 Å². The van der Waals surface area contributed by atoms with Gasteiger partial charge in [-0.15, -0.1) is 0 Å². The van der Waals surface area contributed by atoms with Crippen LogP contribution in [0.2, 0.25) is 0 Å². The summed E-state index contributed by atoms with van der Waals surface area (Å²) < 4.78 is 56.5. The Bertz CT molecular complexity index is 1280. The number of carboxylic acids is 1. The molecule has 0 bridgehead atoms. The second-order valence-corrected chi connectivity index (χ2v) is 9.41. The predicted octanol–water partition coefficient (Wildman–Crippen LogP) is 1.80. The Labute approximate surface area is 159 Å². The molecule has 0 aliphatic rings. The zero-order chi connectivity index (χ0) is 20.7. The third-order valence-electron chi connectivity index (χ3n) is 3.46. The van der Waals surface area contributed by atoms with Crippen LogP contribution in [0.5, 0.6) is 17.2 Å². The molecule has 3 rings (SSSR count). The molecular formula is C16H14N2O8S2. The van der Waals surface area contributed by atoms with Crippen molar-refractivity contribution in [2.45, 2.75) is 5.03 Å². The minimum absolute atomic E-state index is 0.131. The van der Waals surface area contributed by atoms with Gasteiger partial charge in [-0.05, 0) is 24.3 Å². The third-order valence-corrected chi connectivity index (χ3v) is 4.95. The molecule has 0 saturated carbocycles. The first kappa shape index (κ1) is 19.6. The lowest BCUT2D eigenvalue weighted by molar-refractivity contribution is 0.0691. The van der Waals surface area contributed by atoms with Crippen molar-refractivity contribution in [3.8, 4) is 17.2 Å². The minimum atomic E-state index is -3.89. The molecule has 1 aromatic carbocycles. The standard InChI is InChI=1S/C16H14N2O8S2/c1-27(21,22)14-4-3-10(8-17-14)25-11-5-9-6-12(16(19)20)18-15(9)13(7-11)26-28(2,23)24/h3-8,18H,1-2H3,(H,19,20). The number of hydrogen-bond acceptors (Lipinski definition) is 8. The SMILES string of the molecule is CS(=O)(=O)Oc1cc(Oc2ccc(S(C)(=O)=O)nc2)cc2cc(C(=O)O)[nH]c12. The summed E-state index contributed by atoms with van der Waals surface area (Å²) in [4.78, 5) is 17.5. The molecule has 2 heterocycles. The number of hydrogen-bond donors (Lipinski definition) is 2. The highest BCUT2D eigenvalue weighted by Gasteiger charge is 2.17. The van der Waals surface area contributed by atoms with Gasteiger partial charge in [0.1, 0.15) is 17.2 Å². The Balaban J connectivity index is 2.04. The number of H-pyrrole nitrogens is 1. The van der Waals surface area contributed by atoms with Crippen LogP contribution in [0.25, 0.3) is 10.9 Å². The van der Waals surface area contributed by atoms with Crippen LogP contribution < -0.4 is 8.92 Å². The van der Waals surface area contributed by atoms with Crippen molar-refractivity contribution in [3.05, 3.63) is 42.2 Å². The molecular weight excluding hydrogens is 412 g/mol. The van der Waals surface area contributed by atoms with E-state index >= 15 is 0 Å². The predicted molar refractivity (Wildman–Crippen MR) is 98.2 cm³/mol. The molecule has 12 heteroatoms. The number of aromatic carboxylic acids is 1. The molecule has 0 fully saturated rings. The van der Waals surface area contributed by atoms with Gasteiger partial charge in [-0.25, -0.2) is 18.2 Å². The van der Waals surface area contributed by atoms with E-state index in [0.717, 1.165) is 12.5 Å². The van der Waals surface area contributed by atoms with Crippen LogP contribution in [0.4, 0.5) is 0 Å². The Kier molecular flexibility index (Phi) is 4.77. The summed E-state index contributed by atoms with van der Waals surface area (Å²) in [6, 6.07) is 6.67. The molecule has 0 saturated heterocycles. The van der Waals surface area contributed by atoms with Crippen molar-refractivity contribution in [1.29, 1.82) is 0 Å². The number of benzene rings is 1. The number of rotatable bonds is 6. The van der Waals surface area contributed by atoms with Gasteiger partial charge in [0, 0.05) is 17.7 Å². The lowest BCUT2D eigenvalue weighted by Crippen LogP contribution is -2.06. The molecule has 0 spiro atoms. The van der Waals surface area contributed by atoms with E-state index in [1.807, 2.05) is 0 Å². The van der Waals surface area contributed by atoms with Crippen LogP contribution in [0, 0.1) is 0 Å². The van der Waals surface area contributed by atoms with E-state index in [0.29, 0.717) is 5.39 Å². The molecule has 0 aliphatic heterocycles. The average Bonchev–Trinajstić information content (AvgIpc) is 2.98. The normalized spacial score (nSPS) is 12.1. The number of ether oxygens (including phenoxy) is 1. The first-order valence-electron chi connectivity index (χ1n) is 7.56. The number of sulfone groups is 1. The fourth-order valence-electron chi connectivity index (χ4n) is 2.37. The first-order valence-corrected chi connectivity index (χ1v) is 11.3. The van der Waals surface area contributed by atoms with Gasteiger partial charge in [0.25, 0.3) is 0 Å². The third kappa shape index (κ3) is 4.40. The van der Waals surface area contributed by atoms with E-state index in [2.05, 4.69) is 9.97 Å². The number of carboxylic acid groups (broad SMARTS) is 1. The van der Waals surface area contributed by atoms with E-state index in [1.54, 1.807) is 0 Å². The molecule has 0 amide bonds. The van der Waals surface area contributed by atoms with Crippen molar-refractivity contribution in [1.82, 2.24) is 9.97 Å². The van der Waals surface area contributed by atoms with E-state index in [4.69, 9.17) is 14.0 Å². The average molecular weight is 426 g/mol. The van der Waals surface area contributed by atoms with Crippen molar-refractivity contribution in [2.75, 3.05) is 12.5 Å². The van der Waals surface area contributed by atoms with Gasteiger partial charge in [0.2, 0.25) is 0 Å².